The van der Waals surface area contributed by atoms with Gasteiger partial charge in [0.15, 0.2) is 5.82 Å². The fourth-order valence-electron chi connectivity index (χ4n) is 7.38. The molecule has 3 aromatic heterocycles. The van der Waals surface area contributed by atoms with Gasteiger partial charge in [0.05, 0.1) is 39.5 Å². The van der Waals surface area contributed by atoms with Crippen molar-refractivity contribution in [1.29, 1.82) is 0 Å². The summed E-state index contributed by atoms with van der Waals surface area (Å²) in [6, 6.07) is 61.8. The molecule has 0 amide bonds. The quantitative estimate of drug-likeness (QED) is 0.186. The Labute approximate surface area is 295 Å². The summed E-state index contributed by atoms with van der Waals surface area (Å²) >= 11 is 0. The molecule has 0 bridgehead atoms. The van der Waals surface area contributed by atoms with Crippen LogP contribution in [-0.4, -0.2) is 19.4 Å². The van der Waals surface area contributed by atoms with E-state index in [1.54, 1.807) is 0 Å². The fourth-order valence-corrected chi connectivity index (χ4v) is 7.38. The molecule has 0 unspecified atom stereocenters. The fraction of sp³-hybridized carbons (Fsp3) is 0. The number of hydrogen-bond donors (Lipinski definition) is 0. The summed E-state index contributed by atoms with van der Waals surface area (Å²) in [5.74, 6) is 0.715. The zero-order chi connectivity index (χ0) is 33.7. The predicted molar refractivity (Wildman–Crippen MR) is 210 cm³/mol. The molecule has 10 aromatic rings. The van der Waals surface area contributed by atoms with Gasteiger partial charge in [0, 0.05) is 27.5 Å². The van der Waals surface area contributed by atoms with Crippen molar-refractivity contribution in [2.75, 3.05) is 0 Å². The van der Waals surface area contributed by atoms with Crippen molar-refractivity contribution in [2.45, 2.75) is 0 Å². The van der Waals surface area contributed by atoms with Gasteiger partial charge >= 0.3 is 0 Å². The third kappa shape index (κ3) is 4.96. The van der Waals surface area contributed by atoms with E-state index in [9.17, 15) is 0 Å². The number of aromatic nitrogens is 4. The number of nitrogens with zero attached hydrogens (tertiary/aromatic N) is 4. The van der Waals surface area contributed by atoms with Crippen molar-refractivity contribution in [3.8, 4) is 56.0 Å². The molecule has 0 aliphatic heterocycles. The van der Waals surface area contributed by atoms with Crippen LogP contribution in [0.1, 0.15) is 0 Å². The molecular formula is C47H30N4. The first-order chi connectivity index (χ1) is 25.3. The first-order valence-corrected chi connectivity index (χ1v) is 17.2. The molecule has 7 aromatic carbocycles. The van der Waals surface area contributed by atoms with Crippen LogP contribution < -0.4 is 0 Å². The Balaban J connectivity index is 1.04. The van der Waals surface area contributed by atoms with E-state index in [2.05, 4.69) is 162 Å². The van der Waals surface area contributed by atoms with Crippen molar-refractivity contribution >= 4 is 38.4 Å². The summed E-state index contributed by atoms with van der Waals surface area (Å²) in [7, 11) is 0. The van der Waals surface area contributed by atoms with Crippen LogP contribution in [0.15, 0.2) is 182 Å². The van der Waals surface area contributed by atoms with Crippen molar-refractivity contribution in [3.63, 3.8) is 0 Å². The Morgan fingerprint density at radius 1 is 0.353 bits per heavy atom. The number of hydrogen-bond acceptors (Lipinski definition) is 3. The van der Waals surface area contributed by atoms with Gasteiger partial charge < -0.3 is 4.40 Å². The zero-order valence-electron chi connectivity index (χ0n) is 27.6. The van der Waals surface area contributed by atoms with Gasteiger partial charge in [-0.05, 0) is 58.1 Å². The molecule has 0 saturated heterocycles. The molecular weight excluding hydrogens is 621 g/mol. The first-order valence-electron chi connectivity index (χ1n) is 17.2. The highest BCUT2D eigenvalue weighted by molar-refractivity contribution is 6.08. The summed E-state index contributed by atoms with van der Waals surface area (Å²) in [5.41, 5.74) is 15.3. The zero-order valence-corrected chi connectivity index (χ0v) is 27.6. The van der Waals surface area contributed by atoms with Crippen molar-refractivity contribution in [1.82, 2.24) is 19.4 Å². The van der Waals surface area contributed by atoms with Crippen LogP contribution >= 0.6 is 0 Å². The molecule has 238 valence electrons. The number of fused-ring (bicyclic) bond motifs is 6. The average Bonchev–Trinajstić information content (AvgIpc) is 3.56. The SMILES string of the molecule is c1ccc(-c2ccc(-c3nc(-c4cccc(-c5ccc(-c6c7ccccc7n7c6cnc6ccccc67)cc5)c4)c4ccccc4n3)cc2)cc1. The molecule has 4 nitrogen and oxygen atoms in total. The topological polar surface area (TPSA) is 43.1 Å². The van der Waals surface area contributed by atoms with Gasteiger partial charge in [-0.15, -0.1) is 0 Å². The molecule has 0 aliphatic rings. The largest absolute Gasteiger partial charge is 0.306 e. The van der Waals surface area contributed by atoms with Crippen LogP contribution in [0.2, 0.25) is 0 Å². The Morgan fingerprint density at radius 3 is 1.73 bits per heavy atom. The minimum atomic E-state index is 0.715. The number of rotatable bonds is 5. The van der Waals surface area contributed by atoms with E-state index >= 15 is 0 Å². The molecule has 4 heteroatoms. The number of para-hydroxylation sites is 4. The smallest absolute Gasteiger partial charge is 0.160 e. The maximum Gasteiger partial charge on any atom is 0.160 e. The van der Waals surface area contributed by atoms with Crippen LogP contribution in [0.5, 0.6) is 0 Å². The molecule has 0 atom stereocenters. The van der Waals surface area contributed by atoms with Gasteiger partial charge in [-0.3, -0.25) is 4.98 Å². The lowest BCUT2D eigenvalue weighted by Gasteiger charge is -2.12. The minimum Gasteiger partial charge on any atom is -0.306 e. The van der Waals surface area contributed by atoms with Gasteiger partial charge in [-0.1, -0.05) is 146 Å². The third-order valence-electron chi connectivity index (χ3n) is 9.86. The first kappa shape index (κ1) is 29.0. The molecule has 3 heterocycles. The van der Waals surface area contributed by atoms with Gasteiger partial charge in [0.2, 0.25) is 0 Å². The molecule has 0 spiro atoms. The Kier molecular flexibility index (Phi) is 6.78. The molecule has 0 saturated carbocycles. The van der Waals surface area contributed by atoms with Gasteiger partial charge in [-0.2, -0.15) is 0 Å². The van der Waals surface area contributed by atoms with Crippen LogP contribution in [0, 0.1) is 0 Å². The molecule has 10 rings (SSSR count). The van der Waals surface area contributed by atoms with E-state index in [1.807, 2.05) is 24.4 Å². The Bertz CT molecular complexity index is 2890. The summed E-state index contributed by atoms with van der Waals surface area (Å²) in [4.78, 5) is 15.0. The van der Waals surface area contributed by atoms with E-state index in [1.165, 1.54) is 27.6 Å². The van der Waals surface area contributed by atoms with Gasteiger partial charge in [0.1, 0.15) is 0 Å². The van der Waals surface area contributed by atoms with E-state index in [0.717, 1.165) is 61.0 Å². The van der Waals surface area contributed by atoms with Crippen LogP contribution in [0.25, 0.3) is 94.4 Å². The lowest BCUT2D eigenvalue weighted by Crippen LogP contribution is -1.95. The molecule has 0 aliphatic carbocycles. The van der Waals surface area contributed by atoms with Crippen molar-refractivity contribution in [3.05, 3.63) is 182 Å². The molecule has 51 heavy (non-hydrogen) atoms. The third-order valence-corrected chi connectivity index (χ3v) is 9.86. The highest BCUT2D eigenvalue weighted by atomic mass is 14.9. The lowest BCUT2D eigenvalue weighted by molar-refractivity contribution is 1.23. The van der Waals surface area contributed by atoms with Gasteiger partial charge in [-0.25, -0.2) is 9.97 Å². The summed E-state index contributed by atoms with van der Waals surface area (Å²) in [6.45, 7) is 0. The summed E-state index contributed by atoms with van der Waals surface area (Å²) in [5, 5.41) is 2.25. The molecule has 0 N–H and O–H groups in total. The average molecular weight is 651 g/mol. The van der Waals surface area contributed by atoms with Crippen LogP contribution in [0.4, 0.5) is 0 Å². The van der Waals surface area contributed by atoms with Crippen molar-refractivity contribution < 1.29 is 0 Å². The summed E-state index contributed by atoms with van der Waals surface area (Å²) in [6.07, 6.45) is 2.01. The maximum atomic E-state index is 5.19. The van der Waals surface area contributed by atoms with E-state index in [0.29, 0.717) is 5.82 Å². The predicted octanol–water partition coefficient (Wildman–Crippen LogP) is 11.9. The van der Waals surface area contributed by atoms with E-state index < -0.39 is 0 Å². The highest BCUT2D eigenvalue weighted by Crippen LogP contribution is 2.38. The second-order valence-electron chi connectivity index (χ2n) is 12.9. The van der Waals surface area contributed by atoms with Crippen LogP contribution in [0.3, 0.4) is 0 Å². The van der Waals surface area contributed by atoms with E-state index in [-0.39, 0.29) is 0 Å². The molecule has 0 radical (unpaired) electrons. The van der Waals surface area contributed by atoms with Crippen molar-refractivity contribution in [2.24, 2.45) is 0 Å². The maximum absolute atomic E-state index is 5.19. The monoisotopic (exact) mass is 650 g/mol. The van der Waals surface area contributed by atoms with Gasteiger partial charge in [0.25, 0.3) is 0 Å². The Hall–Kier alpha value is -6.91. The normalized spacial score (nSPS) is 11.5. The van der Waals surface area contributed by atoms with Crippen LogP contribution in [-0.2, 0) is 0 Å². The number of benzene rings is 7. The highest BCUT2D eigenvalue weighted by Gasteiger charge is 2.17. The standard InChI is InChI=1S/C47H30N4/c1-2-11-31(12-3-1)32-23-27-35(28-24-32)47-49-40-17-6-4-15-38(40)46(50-47)37-14-10-13-36(29-37)33-21-25-34(26-22-33)45-39-16-5-8-19-42(39)51-43-20-9-7-18-41(43)48-30-44(45)51/h1-30H. The van der Waals surface area contributed by atoms with E-state index in [4.69, 9.17) is 15.0 Å². The summed E-state index contributed by atoms with van der Waals surface area (Å²) < 4.78 is 2.34. The minimum absolute atomic E-state index is 0.715. The Morgan fingerprint density at radius 2 is 0.922 bits per heavy atom. The second kappa shape index (κ2) is 11.9. The second-order valence-corrected chi connectivity index (χ2v) is 12.9. The molecule has 0 fully saturated rings. The lowest BCUT2D eigenvalue weighted by atomic mass is 9.97.